The number of rotatable bonds is 10. The molecule has 2 aromatic heterocycles. The summed E-state index contributed by atoms with van der Waals surface area (Å²) in [7, 11) is 0. The number of carbonyl (C=O) groups excluding carboxylic acids is 2. The maximum absolute atomic E-state index is 12.5. The molecule has 0 bridgehead atoms. The van der Waals surface area contributed by atoms with E-state index < -0.39 is 6.04 Å². The van der Waals surface area contributed by atoms with Crippen LogP contribution in [0, 0.1) is 0 Å². The number of imidazole rings is 1. The lowest BCUT2D eigenvalue weighted by Crippen LogP contribution is -2.32. The summed E-state index contributed by atoms with van der Waals surface area (Å²) in [6, 6.07) is 10.4. The van der Waals surface area contributed by atoms with Crippen molar-refractivity contribution >= 4 is 22.8 Å². The molecule has 2 heterocycles. The fraction of sp³-hybridized carbons (Fsp3) is 0.381. The molecule has 29 heavy (non-hydrogen) atoms. The van der Waals surface area contributed by atoms with Gasteiger partial charge in [0.15, 0.2) is 5.76 Å². The highest BCUT2D eigenvalue weighted by molar-refractivity contribution is 5.91. The van der Waals surface area contributed by atoms with Gasteiger partial charge < -0.3 is 24.4 Å². The normalized spacial score (nSPS) is 12.1. The zero-order chi connectivity index (χ0) is 20.6. The number of furan rings is 1. The number of benzene rings is 1. The Hall–Kier alpha value is -3.13. The average molecular weight is 398 g/mol. The van der Waals surface area contributed by atoms with Crippen LogP contribution in [0.1, 0.15) is 42.7 Å². The van der Waals surface area contributed by atoms with Crippen LogP contribution in [0.2, 0.25) is 0 Å². The van der Waals surface area contributed by atoms with E-state index in [-0.39, 0.29) is 24.1 Å². The number of amides is 2. The molecule has 1 unspecified atom stereocenters. The van der Waals surface area contributed by atoms with Crippen LogP contribution < -0.4 is 10.6 Å². The Morgan fingerprint density at radius 3 is 2.83 bits per heavy atom. The lowest BCUT2D eigenvalue weighted by molar-refractivity contribution is -0.121. The highest BCUT2D eigenvalue weighted by Gasteiger charge is 2.21. The summed E-state index contributed by atoms with van der Waals surface area (Å²) in [5.74, 6) is 0.388. The average Bonchev–Trinajstić information content (AvgIpc) is 3.37. The Labute approximate surface area is 169 Å². The zero-order valence-corrected chi connectivity index (χ0v) is 16.7. The third-order valence-corrected chi connectivity index (χ3v) is 4.46. The summed E-state index contributed by atoms with van der Waals surface area (Å²) in [5.41, 5.74) is 1.61. The number of nitrogens with zero attached hydrogens (tertiary/aromatic N) is 2. The number of para-hydroxylation sites is 2. The summed E-state index contributed by atoms with van der Waals surface area (Å²) in [6.07, 6.45) is 2.21. The van der Waals surface area contributed by atoms with Gasteiger partial charge in [-0.1, -0.05) is 12.1 Å². The highest BCUT2D eigenvalue weighted by Crippen LogP contribution is 2.21. The number of ether oxygens (including phenoxy) is 1. The largest absolute Gasteiger partial charge is 0.459 e. The van der Waals surface area contributed by atoms with Crippen molar-refractivity contribution in [2.75, 3.05) is 19.8 Å². The molecule has 0 aliphatic rings. The van der Waals surface area contributed by atoms with Crippen molar-refractivity contribution in [1.29, 1.82) is 0 Å². The fourth-order valence-corrected chi connectivity index (χ4v) is 3.08. The second kappa shape index (κ2) is 9.88. The van der Waals surface area contributed by atoms with Crippen LogP contribution in [0.4, 0.5) is 0 Å². The van der Waals surface area contributed by atoms with Crippen LogP contribution in [0.3, 0.4) is 0 Å². The molecule has 154 valence electrons. The maximum atomic E-state index is 12.5. The molecule has 0 saturated carbocycles. The molecule has 0 aliphatic carbocycles. The standard InChI is InChI=1S/C21H26N4O4/c1-3-28-12-7-11-22-19(26)14-25-17-9-5-4-8-16(17)24-20(25)15(2)23-21(27)18-10-6-13-29-18/h4-6,8-10,13,15H,3,7,11-12,14H2,1-2H3,(H,22,26)(H,23,27). The van der Waals surface area contributed by atoms with Crippen LogP contribution in [0.5, 0.6) is 0 Å². The molecule has 0 spiro atoms. The van der Waals surface area contributed by atoms with Gasteiger partial charge in [0, 0.05) is 19.8 Å². The van der Waals surface area contributed by atoms with E-state index in [9.17, 15) is 9.59 Å². The predicted octanol–water partition coefficient (Wildman–Crippen LogP) is 2.66. The van der Waals surface area contributed by atoms with Crippen molar-refractivity contribution in [3.05, 3.63) is 54.2 Å². The van der Waals surface area contributed by atoms with Gasteiger partial charge in [0.1, 0.15) is 12.4 Å². The molecule has 0 radical (unpaired) electrons. The zero-order valence-electron chi connectivity index (χ0n) is 16.7. The van der Waals surface area contributed by atoms with Crippen LogP contribution in [-0.2, 0) is 16.1 Å². The van der Waals surface area contributed by atoms with Crippen LogP contribution in [-0.4, -0.2) is 41.1 Å². The molecule has 0 saturated heterocycles. The van der Waals surface area contributed by atoms with Gasteiger partial charge in [0.2, 0.25) is 5.91 Å². The number of carbonyl (C=O) groups is 2. The van der Waals surface area contributed by atoms with Crippen molar-refractivity contribution < 1.29 is 18.7 Å². The molecule has 1 aromatic carbocycles. The Morgan fingerprint density at radius 1 is 1.24 bits per heavy atom. The predicted molar refractivity (Wildman–Crippen MR) is 108 cm³/mol. The Balaban J connectivity index is 1.73. The Kier molecular flexibility index (Phi) is 7.02. The van der Waals surface area contributed by atoms with Crippen LogP contribution in [0.25, 0.3) is 11.0 Å². The Morgan fingerprint density at radius 2 is 2.07 bits per heavy atom. The van der Waals surface area contributed by atoms with Crippen molar-refractivity contribution in [3.8, 4) is 0 Å². The summed E-state index contributed by atoms with van der Waals surface area (Å²) < 4.78 is 12.3. The highest BCUT2D eigenvalue weighted by atomic mass is 16.5. The van der Waals surface area contributed by atoms with E-state index in [1.54, 1.807) is 12.1 Å². The first-order valence-corrected chi connectivity index (χ1v) is 9.74. The monoisotopic (exact) mass is 398 g/mol. The number of nitrogens with one attached hydrogen (secondary N) is 2. The molecule has 8 nitrogen and oxygen atoms in total. The molecule has 1 atom stereocenters. The first-order chi connectivity index (χ1) is 14.1. The van der Waals surface area contributed by atoms with E-state index in [0.29, 0.717) is 25.6 Å². The third kappa shape index (κ3) is 5.23. The number of hydrogen-bond donors (Lipinski definition) is 2. The lowest BCUT2D eigenvalue weighted by atomic mass is 10.3. The third-order valence-electron chi connectivity index (χ3n) is 4.46. The van der Waals surface area contributed by atoms with Gasteiger partial charge in [-0.05, 0) is 44.5 Å². The number of fused-ring (bicyclic) bond motifs is 1. The van der Waals surface area contributed by atoms with E-state index in [4.69, 9.17) is 9.15 Å². The van der Waals surface area contributed by atoms with Crippen molar-refractivity contribution in [2.45, 2.75) is 32.9 Å². The second-order valence-electron chi connectivity index (χ2n) is 6.62. The summed E-state index contributed by atoms with van der Waals surface area (Å²) in [6.45, 7) is 5.72. The smallest absolute Gasteiger partial charge is 0.287 e. The van der Waals surface area contributed by atoms with Gasteiger partial charge in [-0.2, -0.15) is 0 Å². The van der Waals surface area contributed by atoms with Gasteiger partial charge in [0.05, 0.1) is 23.3 Å². The molecule has 8 heteroatoms. The molecule has 0 aliphatic heterocycles. The quantitative estimate of drug-likeness (QED) is 0.512. The minimum Gasteiger partial charge on any atom is -0.459 e. The molecular weight excluding hydrogens is 372 g/mol. The summed E-state index contributed by atoms with van der Waals surface area (Å²) in [5, 5.41) is 5.78. The Bertz CT molecular complexity index is 949. The topological polar surface area (TPSA) is 98.4 Å². The molecule has 0 fully saturated rings. The molecular formula is C21H26N4O4. The SMILES string of the molecule is CCOCCCNC(=O)Cn1c(C(C)NC(=O)c2ccco2)nc2ccccc21. The number of hydrogen-bond acceptors (Lipinski definition) is 5. The van der Waals surface area contributed by atoms with Gasteiger partial charge in [0.25, 0.3) is 5.91 Å². The summed E-state index contributed by atoms with van der Waals surface area (Å²) in [4.78, 5) is 29.4. The van der Waals surface area contributed by atoms with Gasteiger partial charge in [-0.3, -0.25) is 9.59 Å². The van der Waals surface area contributed by atoms with Crippen molar-refractivity contribution in [3.63, 3.8) is 0 Å². The van der Waals surface area contributed by atoms with Crippen LogP contribution >= 0.6 is 0 Å². The van der Waals surface area contributed by atoms with Crippen molar-refractivity contribution in [2.24, 2.45) is 0 Å². The van der Waals surface area contributed by atoms with Crippen molar-refractivity contribution in [1.82, 2.24) is 20.2 Å². The van der Waals surface area contributed by atoms with E-state index in [0.717, 1.165) is 17.5 Å². The maximum Gasteiger partial charge on any atom is 0.287 e. The van der Waals surface area contributed by atoms with E-state index >= 15 is 0 Å². The van der Waals surface area contributed by atoms with Gasteiger partial charge in [-0.25, -0.2) is 4.98 Å². The van der Waals surface area contributed by atoms with E-state index in [1.807, 2.05) is 42.7 Å². The second-order valence-corrected chi connectivity index (χ2v) is 6.62. The molecule has 2 N–H and O–H groups in total. The fourth-order valence-electron chi connectivity index (χ4n) is 3.08. The molecule has 3 aromatic rings. The van der Waals surface area contributed by atoms with Gasteiger partial charge >= 0.3 is 0 Å². The molecule has 2 amide bonds. The first kappa shape index (κ1) is 20.6. The summed E-state index contributed by atoms with van der Waals surface area (Å²) >= 11 is 0. The minimum atomic E-state index is -0.411. The van der Waals surface area contributed by atoms with E-state index in [2.05, 4.69) is 15.6 Å². The molecule has 3 rings (SSSR count). The number of aromatic nitrogens is 2. The van der Waals surface area contributed by atoms with Crippen LogP contribution in [0.15, 0.2) is 47.1 Å². The lowest BCUT2D eigenvalue weighted by Gasteiger charge is -2.16. The minimum absolute atomic E-state index is 0.115. The van der Waals surface area contributed by atoms with Gasteiger partial charge in [-0.15, -0.1) is 0 Å². The van der Waals surface area contributed by atoms with E-state index in [1.165, 1.54) is 6.26 Å². The first-order valence-electron chi connectivity index (χ1n) is 9.74.